The number of aromatic nitrogens is 3. The van der Waals surface area contributed by atoms with Crippen molar-refractivity contribution in [1.82, 2.24) is 19.4 Å². The van der Waals surface area contributed by atoms with E-state index in [1.54, 1.807) is 26.5 Å². The number of imidazole rings is 1. The monoisotopic (exact) mass is 480 g/mol. The Morgan fingerprint density at radius 3 is 2.31 bits per heavy atom. The van der Waals surface area contributed by atoms with Crippen molar-refractivity contribution in [3.05, 3.63) is 114 Å². The number of benzene rings is 3. The van der Waals surface area contributed by atoms with Crippen molar-refractivity contribution in [2.45, 2.75) is 12.6 Å². The standard InChI is InChI=1S/C29H28N4O3/c1-32-14-13-30-28(32)27(22-15-23(35-2)18-24(16-22)36-3)31-29(34)26-17-21-11-7-8-12-25(21)33(26)19-20-9-5-4-6-10-20/h4-18,27H,19H2,1-3H3,(H,31,34). The van der Waals surface area contributed by atoms with Crippen molar-refractivity contribution in [1.29, 1.82) is 0 Å². The number of amides is 1. The molecule has 36 heavy (non-hydrogen) atoms. The zero-order chi connectivity index (χ0) is 25.1. The zero-order valence-corrected chi connectivity index (χ0v) is 20.5. The summed E-state index contributed by atoms with van der Waals surface area (Å²) >= 11 is 0. The molecule has 0 saturated carbocycles. The van der Waals surface area contributed by atoms with E-state index in [1.807, 2.05) is 78.5 Å². The topological polar surface area (TPSA) is 70.3 Å². The van der Waals surface area contributed by atoms with E-state index >= 15 is 0 Å². The lowest BCUT2D eigenvalue weighted by molar-refractivity contribution is 0.0932. The molecule has 0 saturated heterocycles. The Morgan fingerprint density at radius 1 is 0.944 bits per heavy atom. The molecule has 0 aliphatic rings. The van der Waals surface area contributed by atoms with Gasteiger partial charge >= 0.3 is 0 Å². The minimum absolute atomic E-state index is 0.197. The molecule has 7 heteroatoms. The molecular formula is C29H28N4O3. The number of nitrogens with zero attached hydrogens (tertiary/aromatic N) is 3. The molecule has 0 bridgehead atoms. The first-order valence-electron chi connectivity index (χ1n) is 11.7. The summed E-state index contributed by atoms with van der Waals surface area (Å²) in [7, 11) is 5.12. The van der Waals surface area contributed by atoms with Crippen LogP contribution in [0.25, 0.3) is 10.9 Å². The van der Waals surface area contributed by atoms with Crippen LogP contribution in [0.5, 0.6) is 11.5 Å². The summed E-state index contributed by atoms with van der Waals surface area (Å²) in [6.45, 7) is 0.581. The summed E-state index contributed by atoms with van der Waals surface area (Å²) in [6.07, 6.45) is 3.58. The third-order valence-electron chi connectivity index (χ3n) is 6.33. The third kappa shape index (κ3) is 4.55. The molecule has 5 aromatic rings. The zero-order valence-electron chi connectivity index (χ0n) is 20.5. The lowest BCUT2D eigenvalue weighted by Crippen LogP contribution is -2.32. The maximum atomic E-state index is 13.9. The Balaban J connectivity index is 1.57. The number of carbonyl (C=O) groups is 1. The number of aryl methyl sites for hydroxylation is 1. The molecule has 1 unspecified atom stereocenters. The van der Waals surface area contributed by atoms with Crippen molar-refractivity contribution in [3.63, 3.8) is 0 Å². The van der Waals surface area contributed by atoms with Crippen LogP contribution in [0.15, 0.2) is 91.3 Å². The van der Waals surface area contributed by atoms with Gasteiger partial charge in [-0.3, -0.25) is 4.79 Å². The van der Waals surface area contributed by atoms with Gasteiger partial charge in [-0.15, -0.1) is 0 Å². The van der Waals surface area contributed by atoms with Crippen LogP contribution in [0.3, 0.4) is 0 Å². The highest BCUT2D eigenvalue weighted by molar-refractivity contribution is 5.99. The second-order valence-corrected chi connectivity index (χ2v) is 8.61. The number of methoxy groups -OCH3 is 2. The minimum Gasteiger partial charge on any atom is -0.497 e. The second-order valence-electron chi connectivity index (χ2n) is 8.61. The number of rotatable bonds is 8. The van der Waals surface area contributed by atoms with Crippen LogP contribution in [0.4, 0.5) is 0 Å². The fourth-order valence-corrected chi connectivity index (χ4v) is 4.49. The molecule has 7 nitrogen and oxygen atoms in total. The maximum Gasteiger partial charge on any atom is 0.268 e. The number of hydrogen-bond acceptors (Lipinski definition) is 4. The molecule has 2 heterocycles. The summed E-state index contributed by atoms with van der Waals surface area (Å²) in [5.41, 5.74) is 3.50. The molecular weight excluding hydrogens is 452 g/mol. The van der Waals surface area contributed by atoms with E-state index in [2.05, 4.69) is 27.0 Å². The molecule has 0 radical (unpaired) electrons. The lowest BCUT2D eigenvalue weighted by atomic mass is 10.0. The predicted molar refractivity (Wildman–Crippen MR) is 140 cm³/mol. The maximum absolute atomic E-state index is 13.9. The van der Waals surface area contributed by atoms with Gasteiger partial charge in [-0.25, -0.2) is 4.98 Å². The molecule has 0 fully saturated rings. The highest BCUT2D eigenvalue weighted by atomic mass is 16.5. The predicted octanol–water partition coefficient (Wildman–Crippen LogP) is 4.96. The third-order valence-corrected chi connectivity index (χ3v) is 6.33. The van der Waals surface area contributed by atoms with Crippen molar-refractivity contribution in [3.8, 4) is 11.5 Å². The SMILES string of the molecule is COc1cc(OC)cc(C(NC(=O)c2cc3ccccc3n2Cc2ccccc2)c2nccn2C)c1. The van der Waals surface area contributed by atoms with Gasteiger partial charge in [-0.1, -0.05) is 48.5 Å². The molecule has 5 rings (SSSR count). The molecule has 0 aliphatic carbocycles. The van der Waals surface area contributed by atoms with Gasteiger partial charge in [0, 0.05) is 43.0 Å². The van der Waals surface area contributed by atoms with Gasteiger partial charge in [-0.2, -0.15) is 0 Å². The fourth-order valence-electron chi connectivity index (χ4n) is 4.49. The molecule has 2 aromatic heterocycles. The molecule has 3 aromatic carbocycles. The summed E-state index contributed by atoms with van der Waals surface area (Å²) < 4.78 is 14.9. The first-order chi connectivity index (χ1) is 17.6. The van der Waals surface area contributed by atoms with Crippen LogP contribution in [0.1, 0.15) is 33.5 Å². The number of hydrogen-bond donors (Lipinski definition) is 1. The molecule has 182 valence electrons. The van der Waals surface area contributed by atoms with E-state index in [9.17, 15) is 4.79 Å². The Labute approximate surface area is 209 Å². The van der Waals surface area contributed by atoms with E-state index in [1.165, 1.54) is 0 Å². The first-order valence-corrected chi connectivity index (χ1v) is 11.7. The Kier molecular flexibility index (Phi) is 6.45. The molecule has 0 aliphatic heterocycles. The van der Waals surface area contributed by atoms with Crippen molar-refractivity contribution >= 4 is 16.8 Å². The highest BCUT2D eigenvalue weighted by Crippen LogP contribution is 2.30. The quantitative estimate of drug-likeness (QED) is 0.341. The summed E-state index contributed by atoms with van der Waals surface area (Å²) in [5, 5.41) is 4.24. The van der Waals surface area contributed by atoms with Crippen LogP contribution >= 0.6 is 0 Å². The van der Waals surface area contributed by atoms with Gasteiger partial charge in [0.25, 0.3) is 5.91 Å². The first kappa shape index (κ1) is 23.2. The number of fused-ring (bicyclic) bond motifs is 1. The van der Waals surface area contributed by atoms with Crippen molar-refractivity contribution in [2.75, 3.05) is 14.2 Å². The summed E-state index contributed by atoms with van der Waals surface area (Å²) in [5.74, 6) is 1.77. The van der Waals surface area contributed by atoms with Gasteiger partial charge < -0.3 is 23.9 Å². The molecule has 1 atom stereocenters. The van der Waals surface area contributed by atoms with Crippen molar-refractivity contribution in [2.24, 2.45) is 7.05 Å². The number of para-hydroxylation sites is 1. The van der Waals surface area contributed by atoms with E-state index in [-0.39, 0.29) is 5.91 Å². The smallest absolute Gasteiger partial charge is 0.268 e. The largest absolute Gasteiger partial charge is 0.497 e. The molecule has 1 amide bonds. The molecule has 0 spiro atoms. The van der Waals surface area contributed by atoms with Crippen LogP contribution in [-0.2, 0) is 13.6 Å². The van der Waals surface area contributed by atoms with Gasteiger partial charge in [0.05, 0.1) is 14.2 Å². The van der Waals surface area contributed by atoms with E-state index in [4.69, 9.17) is 9.47 Å². The van der Waals surface area contributed by atoms with Gasteiger partial charge in [-0.05, 0) is 35.4 Å². The normalized spacial score (nSPS) is 11.9. The summed E-state index contributed by atoms with van der Waals surface area (Å²) in [6, 6.07) is 25.2. The highest BCUT2D eigenvalue weighted by Gasteiger charge is 2.25. The van der Waals surface area contributed by atoms with Crippen LogP contribution in [-0.4, -0.2) is 34.2 Å². The minimum atomic E-state index is -0.523. The number of ether oxygens (including phenoxy) is 2. The Hall–Kier alpha value is -4.52. The lowest BCUT2D eigenvalue weighted by Gasteiger charge is -2.21. The van der Waals surface area contributed by atoms with Gasteiger partial charge in [0.1, 0.15) is 29.1 Å². The number of nitrogens with one attached hydrogen (secondary N) is 1. The van der Waals surface area contributed by atoms with Gasteiger partial charge in [0.15, 0.2) is 0 Å². The average molecular weight is 481 g/mol. The average Bonchev–Trinajstić information content (AvgIpc) is 3.51. The van der Waals surface area contributed by atoms with Crippen LogP contribution < -0.4 is 14.8 Å². The fraction of sp³-hybridized carbons (Fsp3) is 0.172. The number of carbonyl (C=O) groups excluding carboxylic acids is 1. The Morgan fingerprint density at radius 2 is 1.64 bits per heavy atom. The van der Waals surface area contributed by atoms with E-state index in [0.29, 0.717) is 29.6 Å². The summed E-state index contributed by atoms with van der Waals surface area (Å²) in [4.78, 5) is 18.4. The molecule has 1 N–H and O–H groups in total. The second kappa shape index (κ2) is 10.00. The van der Waals surface area contributed by atoms with E-state index < -0.39 is 6.04 Å². The van der Waals surface area contributed by atoms with Crippen LogP contribution in [0, 0.1) is 0 Å². The van der Waals surface area contributed by atoms with Crippen LogP contribution in [0.2, 0.25) is 0 Å². The Bertz CT molecular complexity index is 1480. The van der Waals surface area contributed by atoms with Gasteiger partial charge in [0.2, 0.25) is 0 Å². The van der Waals surface area contributed by atoms with Crippen molar-refractivity contribution < 1.29 is 14.3 Å². The van der Waals surface area contributed by atoms with E-state index in [0.717, 1.165) is 22.0 Å².